The summed E-state index contributed by atoms with van der Waals surface area (Å²) < 4.78 is 12.4. The van der Waals surface area contributed by atoms with Crippen LogP contribution in [-0.2, 0) is 6.54 Å². The molecule has 0 N–H and O–H groups in total. The smallest absolute Gasteiger partial charge is 0.0828 e. The highest BCUT2D eigenvalue weighted by Gasteiger charge is 2.15. The largest absolute Gasteiger partial charge is 0.299 e. The molecule has 18 heavy (non-hydrogen) atoms. The predicted octanol–water partition coefficient (Wildman–Crippen LogP) is 4.32. The van der Waals surface area contributed by atoms with Crippen molar-refractivity contribution in [3.05, 3.63) is 24.0 Å². The van der Waals surface area contributed by atoms with Gasteiger partial charge in [-0.2, -0.15) is 3.89 Å². The molecule has 0 spiro atoms. The number of hydrogen-bond acceptors (Lipinski definition) is 3. The Balaban J connectivity index is 0.000000771. The molecular weight excluding hydrogens is 247 g/mol. The first-order chi connectivity index (χ1) is 8.78. The van der Waals surface area contributed by atoms with Crippen molar-refractivity contribution in [3.63, 3.8) is 0 Å². The lowest BCUT2D eigenvalue weighted by Gasteiger charge is -2.30. The standard InChI is InChI=1S/C12H17FN2S.C2H6/c1-10-2-4-15(5-3-10)9-11-6-12(16-13)8-14-7-11;1-2/h6-8,10H,2-5,9H2,1H3;1-2H3. The van der Waals surface area contributed by atoms with Gasteiger partial charge in [0.2, 0.25) is 0 Å². The maximum absolute atomic E-state index is 12.4. The normalized spacial score (nSPS) is 17.1. The van der Waals surface area contributed by atoms with E-state index in [4.69, 9.17) is 0 Å². The van der Waals surface area contributed by atoms with E-state index in [0.29, 0.717) is 4.90 Å². The molecule has 1 saturated heterocycles. The quantitative estimate of drug-likeness (QED) is 0.814. The average molecular weight is 270 g/mol. The third kappa shape index (κ3) is 4.94. The van der Waals surface area contributed by atoms with Gasteiger partial charge in [-0.15, -0.1) is 0 Å². The summed E-state index contributed by atoms with van der Waals surface area (Å²) >= 11 is 0.264. The van der Waals surface area contributed by atoms with E-state index in [1.165, 1.54) is 12.8 Å². The number of nitrogens with zero attached hydrogens (tertiary/aromatic N) is 2. The van der Waals surface area contributed by atoms with Crippen LogP contribution < -0.4 is 0 Å². The molecule has 1 aromatic heterocycles. The number of halogens is 1. The number of rotatable bonds is 3. The Bertz CT molecular complexity index is 338. The van der Waals surface area contributed by atoms with Crippen molar-refractivity contribution < 1.29 is 3.89 Å². The van der Waals surface area contributed by atoms with Crippen LogP contribution in [0.4, 0.5) is 3.89 Å². The van der Waals surface area contributed by atoms with Gasteiger partial charge < -0.3 is 0 Å². The van der Waals surface area contributed by atoms with Crippen molar-refractivity contribution in [2.75, 3.05) is 13.1 Å². The lowest BCUT2D eigenvalue weighted by Crippen LogP contribution is -2.32. The maximum atomic E-state index is 12.4. The Hall–Kier alpha value is -0.610. The molecular formula is C14H23FN2S. The third-order valence-electron chi connectivity index (χ3n) is 3.14. The fourth-order valence-corrected chi connectivity index (χ4v) is 2.37. The summed E-state index contributed by atoms with van der Waals surface area (Å²) in [6.45, 7) is 9.50. The number of hydrogen-bond donors (Lipinski definition) is 0. The summed E-state index contributed by atoms with van der Waals surface area (Å²) in [5, 5.41) is 0. The van der Waals surface area contributed by atoms with Gasteiger partial charge >= 0.3 is 0 Å². The number of likely N-dealkylation sites (tertiary alicyclic amines) is 1. The number of aromatic nitrogens is 1. The number of pyridine rings is 1. The molecule has 0 aliphatic carbocycles. The molecule has 4 heteroatoms. The number of piperidine rings is 1. The van der Waals surface area contributed by atoms with Crippen molar-refractivity contribution in [2.24, 2.45) is 5.92 Å². The Kier molecular flexibility index (Phi) is 7.28. The Morgan fingerprint density at radius 1 is 1.33 bits per heavy atom. The summed E-state index contributed by atoms with van der Waals surface area (Å²) in [5.41, 5.74) is 1.11. The first-order valence-electron chi connectivity index (χ1n) is 6.73. The van der Waals surface area contributed by atoms with Crippen molar-refractivity contribution in [3.8, 4) is 0 Å². The van der Waals surface area contributed by atoms with Crippen molar-refractivity contribution in [2.45, 2.75) is 45.1 Å². The summed E-state index contributed by atoms with van der Waals surface area (Å²) in [6.07, 6.45) is 5.93. The monoisotopic (exact) mass is 270 g/mol. The highest BCUT2D eigenvalue weighted by molar-refractivity contribution is 7.94. The summed E-state index contributed by atoms with van der Waals surface area (Å²) in [5.74, 6) is 0.849. The van der Waals surface area contributed by atoms with Gasteiger partial charge in [0.1, 0.15) is 0 Å². The molecule has 0 bridgehead atoms. The minimum absolute atomic E-state index is 0.264. The van der Waals surface area contributed by atoms with Gasteiger partial charge in [-0.3, -0.25) is 9.88 Å². The molecule has 102 valence electrons. The second-order valence-electron chi connectivity index (χ2n) is 4.56. The molecule has 1 aliphatic heterocycles. The zero-order valence-electron chi connectivity index (χ0n) is 11.5. The lowest BCUT2D eigenvalue weighted by molar-refractivity contribution is 0.185. The van der Waals surface area contributed by atoms with Crippen molar-refractivity contribution in [1.29, 1.82) is 0 Å². The van der Waals surface area contributed by atoms with E-state index < -0.39 is 0 Å². The van der Waals surface area contributed by atoms with Crippen LogP contribution in [0, 0.1) is 5.92 Å². The van der Waals surface area contributed by atoms with E-state index in [1.807, 2.05) is 26.1 Å². The van der Waals surface area contributed by atoms with Gasteiger partial charge in [0.05, 0.1) is 17.0 Å². The fourth-order valence-electron chi connectivity index (χ4n) is 2.07. The van der Waals surface area contributed by atoms with E-state index in [1.54, 1.807) is 6.20 Å². The van der Waals surface area contributed by atoms with E-state index in [2.05, 4.69) is 16.8 Å². The maximum Gasteiger partial charge on any atom is 0.0828 e. The molecule has 0 amide bonds. The molecule has 2 rings (SSSR count). The van der Waals surface area contributed by atoms with Crippen LogP contribution in [-0.4, -0.2) is 23.0 Å². The summed E-state index contributed by atoms with van der Waals surface area (Å²) in [4.78, 5) is 7.07. The van der Waals surface area contributed by atoms with Crippen LogP contribution in [0.25, 0.3) is 0 Å². The van der Waals surface area contributed by atoms with Gasteiger partial charge in [0, 0.05) is 18.9 Å². The van der Waals surface area contributed by atoms with Crippen LogP contribution in [0.1, 0.15) is 39.2 Å². The fraction of sp³-hybridized carbons (Fsp3) is 0.643. The topological polar surface area (TPSA) is 16.1 Å². The highest BCUT2D eigenvalue weighted by atomic mass is 32.2. The zero-order valence-corrected chi connectivity index (χ0v) is 12.3. The van der Waals surface area contributed by atoms with Crippen LogP contribution in [0.5, 0.6) is 0 Å². The van der Waals surface area contributed by atoms with Gasteiger partial charge in [-0.05, 0) is 43.5 Å². The molecule has 2 nitrogen and oxygen atoms in total. The summed E-state index contributed by atoms with van der Waals surface area (Å²) in [6, 6.07) is 1.88. The van der Waals surface area contributed by atoms with Gasteiger partial charge in [-0.25, -0.2) is 0 Å². The Morgan fingerprint density at radius 3 is 2.61 bits per heavy atom. The van der Waals surface area contributed by atoms with E-state index >= 15 is 0 Å². The zero-order chi connectivity index (χ0) is 13.4. The Labute approximate surface area is 114 Å². The van der Waals surface area contributed by atoms with Gasteiger partial charge in [0.25, 0.3) is 0 Å². The molecule has 1 aromatic rings. The molecule has 0 atom stereocenters. The van der Waals surface area contributed by atoms with E-state index in [0.717, 1.165) is 31.1 Å². The summed E-state index contributed by atoms with van der Waals surface area (Å²) in [7, 11) is 0. The molecule has 0 unspecified atom stereocenters. The van der Waals surface area contributed by atoms with Crippen LogP contribution >= 0.6 is 12.1 Å². The minimum atomic E-state index is 0.264. The average Bonchev–Trinajstić information content (AvgIpc) is 2.44. The second-order valence-corrected chi connectivity index (χ2v) is 5.19. The first kappa shape index (κ1) is 15.4. The first-order valence-corrected chi connectivity index (χ1v) is 7.44. The van der Waals surface area contributed by atoms with Crippen molar-refractivity contribution >= 4 is 12.1 Å². The van der Waals surface area contributed by atoms with Crippen LogP contribution in [0.2, 0.25) is 0 Å². The van der Waals surface area contributed by atoms with E-state index in [-0.39, 0.29) is 12.1 Å². The second kappa shape index (κ2) is 8.48. The Morgan fingerprint density at radius 2 is 2.00 bits per heavy atom. The van der Waals surface area contributed by atoms with Gasteiger partial charge in [0.15, 0.2) is 0 Å². The minimum Gasteiger partial charge on any atom is -0.299 e. The highest BCUT2D eigenvalue weighted by Crippen LogP contribution is 2.21. The lowest BCUT2D eigenvalue weighted by atomic mass is 9.99. The predicted molar refractivity (Wildman–Crippen MR) is 76.2 cm³/mol. The van der Waals surface area contributed by atoms with Crippen LogP contribution in [0.3, 0.4) is 0 Å². The molecule has 1 aliphatic rings. The van der Waals surface area contributed by atoms with Crippen LogP contribution in [0.15, 0.2) is 23.4 Å². The molecule has 0 radical (unpaired) electrons. The van der Waals surface area contributed by atoms with Crippen molar-refractivity contribution in [1.82, 2.24) is 9.88 Å². The molecule has 2 heterocycles. The molecule has 0 saturated carbocycles. The van der Waals surface area contributed by atoms with E-state index in [9.17, 15) is 3.89 Å². The SMILES string of the molecule is CC.CC1CCN(Cc2cncc(SF)c2)CC1. The molecule has 0 aromatic carbocycles. The third-order valence-corrected chi connectivity index (χ3v) is 3.54. The van der Waals surface area contributed by atoms with Gasteiger partial charge in [-0.1, -0.05) is 20.8 Å². The molecule has 1 fully saturated rings.